The number of halogens is 2. The Labute approximate surface area is 229 Å². The fraction of sp³-hybridized carbons (Fsp3) is 0.207. The van der Waals surface area contributed by atoms with E-state index in [1.165, 1.54) is 10.7 Å². The van der Waals surface area contributed by atoms with Crippen molar-refractivity contribution in [3.63, 3.8) is 0 Å². The molecule has 39 heavy (non-hydrogen) atoms. The summed E-state index contributed by atoms with van der Waals surface area (Å²) in [5.41, 5.74) is 2.37. The van der Waals surface area contributed by atoms with E-state index in [9.17, 15) is 19.1 Å². The number of amides is 1. The number of aliphatic hydroxyl groups excluding tert-OH is 1. The molecule has 0 saturated carbocycles. The van der Waals surface area contributed by atoms with Crippen molar-refractivity contribution in [3.8, 4) is 28.3 Å². The lowest BCUT2D eigenvalue weighted by atomic mass is 10.0. The van der Waals surface area contributed by atoms with E-state index in [-0.39, 0.29) is 17.2 Å². The predicted octanol–water partition coefficient (Wildman–Crippen LogP) is 4.65. The van der Waals surface area contributed by atoms with Crippen molar-refractivity contribution in [1.29, 1.82) is 0 Å². The Balaban J connectivity index is 1.49. The third-order valence-electron chi connectivity index (χ3n) is 6.68. The van der Waals surface area contributed by atoms with Gasteiger partial charge in [-0.05, 0) is 59.7 Å². The summed E-state index contributed by atoms with van der Waals surface area (Å²) in [6.07, 6.45) is 1.60. The van der Waals surface area contributed by atoms with Gasteiger partial charge in [-0.3, -0.25) is 9.59 Å². The summed E-state index contributed by atoms with van der Waals surface area (Å²) in [6, 6.07) is 18.3. The summed E-state index contributed by atoms with van der Waals surface area (Å²) >= 11 is 6.02. The van der Waals surface area contributed by atoms with Gasteiger partial charge in [0.1, 0.15) is 17.3 Å². The van der Waals surface area contributed by atoms with Gasteiger partial charge >= 0.3 is 5.56 Å². The molecular weight excluding hydrogens is 523 g/mol. The van der Waals surface area contributed by atoms with Crippen LogP contribution in [0.15, 0.2) is 77.7 Å². The molecule has 1 N–H and O–H groups in total. The van der Waals surface area contributed by atoms with Crippen LogP contribution < -0.4 is 15.2 Å². The van der Waals surface area contributed by atoms with Crippen molar-refractivity contribution < 1.29 is 19.0 Å². The van der Waals surface area contributed by atoms with E-state index >= 15 is 0 Å². The Hall–Kier alpha value is -4.21. The molecule has 2 heterocycles. The molecule has 1 fully saturated rings. The molecule has 5 rings (SSSR count). The molecule has 10 heteroatoms. The van der Waals surface area contributed by atoms with Crippen LogP contribution in [0.1, 0.15) is 12.5 Å². The van der Waals surface area contributed by atoms with Gasteiger partial charge in [0.05, 0.1) is 18.5 Å². The van der Waals surface area contributed by atoms with Crippen LogP contribution in [-0.2, 0) is 11.4 Å². The number of aromatic nitrogens is 2. The highest BCUT2D eigenvalue weighted by Gasteiger charge is 2.25. The molecule has 0 bridgehead atoms. The Morgan fingerprint density at radius 1 is 1.00 bits per heavy atom. The first-order valence-electron chi connectivity index (χ1n) is 12.4. The monoisotopic (exact) mass is 548 g/mol. The van der Waals surface area contributed by atoms with Gasteiger partial charge in [0.25, 0.3) is 0 Å². The van der Waals surface area contributed by atoms with Gasteiger partial charge < -0.3 is 19.6 Å². The smallest absolute Gasteiger partial charge is 0.316 e. The Morgan fingerprint density at radius 3 is 2.31 bits per heavy atom. The minimum absolute atomic E-state index is 0.00904. The molecule has 1 amide bonds. The van der Waals surface area contributed by atoms with E-state index in [2.05, 4.69) is 5.10 Å². The summed E-state index contributed by atoms with van der Waals surface area (Å²) in [5, 5.41) is 14.3. The fourth-order valence-corrected chi connectivity index (χ4v) is 4.61. The molecule has 0 atom stereocenters. The minimum Gasteiger partial charge on any atom is -0.449 e. The lowest BCUT2D eigenvalue weighted by Crippen LogP contribution is -2.48. The topological polar surface area (TPSA) is 87.9 Å². The van der Waals surface area contributed by atoms with Crippen LogP contribution in [0.5, 0.6) is 11.5 Å². The molecule has 1 saturated heterocycles. The quantitative estimate of drug-likeness (QED) is 0.377. The summed E-state index contributed by atoms with van der Waals surface area (Å²) in [4.78, 5) is 29.2. The van der Waals surface area contributed by atoms with Crippen LogP contribution in [0.25, 0.3) is 16.8 Å². The maximum absolute atomic E-state index is 13.8. The van der Waals surface area contributed by atoms with Crippen LogP contribution in [0.3, 0.4) is 0 Å². The molecule has 0 spiro atoms. The SMILES string of the molecule is CC(=O)N1CCN(c2cnn(-c3ccc(Cl)cc3)c(=O)c2Oc2ccc(-c3ccc(F)c(CO)c3)cc2)CC1. The van der Waals surface area contributed by atoms with Gasteiger partial charge in [0, 0.05) is 43.7 Å². The first kappa shape index (κ1) is 26.4. The van der Waals surface area contributed by atoms with Gasteiger partial charge in [-0.25, -0.2) is 4.39 Å². The average Bonchev–Trinajstić information content (AvgIpc) is 2.95. The maximum Gasteiger partial charge on any atom is 0.316 e. The second kappa shape index (κ2) is 11.3. The van der Waals surface area contributed by atoms with E-state index in [4.69, 9.17) is 16.3 Å². The Morgan fingerprint density at radius 2 is 1.67 bits per heavy atom. The summed E-state index contributed by atoms with van der Waals surface area (Å²) < 4.78 is 21.3. The van der Waals surface area contributed by atoms with Gasteiger partial charge in [-0.15, -0.1) is 0 Å². The number of hydrogen-bond donors (Lipinski definition) is 1. The van der Waals surface area contributed by atoms with E-state index in [1.807, 2.05) is 4.90 Å². The number of aliphatic hydroxyl groups is 1. The highest BCUT2D eigenvalue weighted by atomic mass is 35.5. The molecule has 1 aliphatic rings. The number of anilines is 1. The first-order valence-corrected chi connectivity index (χ1v) is 12.8. The zero-order valence-electron chi connectivity index (χ0n) is 21.2. The van der Waals surface area contributed by atoms with Crippen molar-refractivity contribution in [2.24, 2.45) is 0 Å². The second-order valence-corrected chi connectivity index (χ2v) is 9.57. The maximum atomic E-state index is 13.8. The highest BCUT2D eigenvalue weighted by Crippen LogP contribution is 2.31. The van der Waals surface area contributed by atoms with Crippen LogP contribution >= 0.6 is 11.6 Å². The van der Waals surface area contributed by atoms with Crippen molar-refractivity contribution in [2.45, 2.75) is 13.5 Å². The van der Waals surface area contributed by atoms with Crippen LogP contribution in [0.2, 0.25) is 5.02 Å². The zero-order chi connectivity index (χ0) is 27.5. The number of ether oxygens (including phenoxy) is 1. The molecule has 3 aromatic carbocycles. The lowest BCUT2D eigenvalue weighted by molar-refractivity contribution is -0.129. The fourth-order valence-electron chi connectivity index (χ4n) is 4.49. The van der Waals surface area contributed by atoms with E-state index in [0.29, 0.717) is 48.3 Å². The number of rotatable bonds is 6. The largest absolute Gasteiger partial charge is 0.449 e. The normalized spacial score (nSPS) is 13.4. The molecule has 1 aliphatic heterocycles. The van der Waals surface area contributed by atoms with Crippen molar-refractivity contribution >= 4 is 23.2 Å². The Kier molecular flexibility index (Phi) is 7.63. The van der Waals surface area contributed by atoms with Crippen molar-refractivity contribution in [3.05, 3.63) is 99.7 Å². The molecular formula is C29H26ClFN4O4. The number of hydrogen-bond acceptors (Lipinski definition) is 6. The number of benzene rings is 3. The lowest BCUT2D eigenvalue weighted by Gasteiger charge is -2.35. The molecule has 0 aliphatic carbocycles. The standard InChI is InChI=1S/C29H26ClFN4O4/c1-19(37)33-12-14-34(15-13-33)27-17-32-35(24-7-5-23(30)6-8-24)29(38)28(27)39-25-9-2-20(3-10-25)21-4-11-26(31)22(16-21)18-36/h2-11,16-17,36H,12-15,18H2,1H3. The van der Waals surface area contributed by atoms with Crippen LogP contribution in [-0.4, -0.2) is 51.9 Å². The first-order chi connectivity index (χ1) is 18.8. The molecule has 1 aromatic heterocycles. The number of nitrogens with zero attached hydrogens (tertiary/aromatic N) is 4. The third-order valence-corrected chi connectivity index (χ3v) is 6.93. The zero-order valence-corrected chi connectivity index (χ0v) is 21.9. The average molecular weight is 549 g/mol. The van der Waals surface area contributed by atoms with Gasteiger partial charge in [0.15, 0.2) is 0 Å². The van der Waals surface area contributed by atoms with E-state index in [1.54, 1.807) is 78.7 Å². The molecule has 4 aromatic rings. The number of piperazine rings is 1. The van der Waals surface area contributed by atoms with Gasteiger partial charge in [-0.1, -0.05) is 29.8 Å². The van der Waals surface area contributed by atoms with Crippen molar-refractivity contribution in [2.75, 3.05) is 31.1 Å². The minimum atomic E-state index is -0.465. The Bertz CT molecular complexity index is 1550. The molecule has 0 radical (unpaired) electrons. The predicted molar refractivity (Wildman–Crippen MR) is 147 cm³/mol. The van der Waals surface area contributed by atoms with E-state index in [0.717, 1.165) is 11.1 Å². The van der Waals surface area contributed by atoms with Crippen molar-refractivity contribution in [1.82, 2.24) is 14.7 Å². The third kappa shape index (κ3) is 5.64. The summed E-state index contributed by atoms with van der Waals surface area (Å²) in [7, 11) is 0. The number of carbonyl (C=O) groups is 1. The summed E-state index contributed by atoms with van der Waals surface area (Å²) in [5.74, 6) is 0.0772. The van der Waals surface area contributed by atoms with Gasteiger partial charge in [-0.2, -0.15) is 9.78 Å². The number of carbonyl (C=O) groups excluding carboxylic acids is 1. The van der Waals surface area contributed by atoms with Crippen LogP contribution in [0, 0.1) is 5.82 Å². The molecule has 200 valence electrons. The van der Waals surface area contributed by atoms with Gasteiger partial charge in [0.2, 0.25) is 11.7 Å². The summed E-state index contributed by atoms with van der Waals surface area (Å²) in [6.45, 7) is 3.25. The van der Waals surface area contributed by atoms with Crippen LogP contribution in [0.4, 0.5) is 10.1 Å². The molecule has 0 unspecified atom stereocenters. The van der Waals surface area contributed by atoms with E-state index < -0.39 is 18.0 Å². The highest BCUT2D eigenvalue weighted by molar-refractivity contribution is 6.30. The second-order valence-electron chi connectivity index (χ2n) is 9.14. The molecule has 8 nitrogen and oxygen atoms in total.